The van der Waals surface area contributed by atoms with Crippen molar-refractivity contribution in [3.63, 3.8) is 0 Å². The van der Waals surface area contributed by atoms with Crippen LogP contribution in [0.1, 0.15) is 84.3 Å². The first kappa shape index (κ1) is 40.5. The second kappa shape index (κ2) is 14.2. The third kappa shape index (κ3) is 6.17. The molecule has 3 heterocycles. The summed E-state index contributed by atoms with van der Waals surface area (Å²) in [5.41, 5.74) is -9.90. The summed E-state index contributed by atoms with van der Waals surface area (Å²) in [5, 5.41) is 25.4. The molecule has 2 aliphatic heterocycles. The van der Waals surface area contributed by atoms with Crippen LogP contribution in [0.4, 0.5) is 0 Å². The first-order valence-electron chi connectivity index (χ1n) is 17.3. The number of hydrogen-bond acceptors (Lipinski definition) is 18. The van der Waals surface area contributed by atoms with Crippen LogP contribution in [0.25, 0.3) is 0 Å². The van der Waals surface area contributed by atoms with Gasteiger partial charge in [-0.1, -0.05) is 13.8 Å². The fraction of sp³-hybridized carbons (Fsp3) is 0.667. The Balaban J connectivity index is 1.96. The van der Waals surface area contributed by atoms with Crippen LogP contribution in [0.3, 0.4) is 0 Å². The highest BCUT2D eigenvalue weighted by molar-refractivity contribution is 5.91. The lowest BCUT2D eigenvalue weighted by atomic mass is 9.45. The van der Waals surface area contributed by atoms with E-state index >= 15 is 0 Å². The molecule has 0 amide bonds. The minimum Gasteiger partial charge on any atom is -0.465 e. The SMILES string of the molecule is CC(=O)OC[C@]12[C@H](OC(C)=O)[C@H](OC(C)=O)[C@@H]3[C@H](OC(C)=O)[C@@]14O[C@@]3(C)COC(=O)c1cccnc1[C@@H](C)[C@H](C)C(=O)O[C@@H]([C@H](O)[C@@H]2OC(C)=O)[C@]4(C)O. The van der Waals surface area contributed by atoms with E-state index in [0.29, 0.717) is 0 Å². The second-order valence-electron chi connectivity index (χ2n) is 14.7. The molecule has 54 heavy (non-hydrogen) atoms. The van der Waals surface area contributed by atoms with Gasteiger partial charge in [0.25, 0.3) is 0 Å². The van der Waals surface area contributed by atoms with Gasteiger partial charge in [0.2, 0.25) is 0 Å². The number of carbonyl (C=O) groups is 7. The predicted octanol–water partition coefficient (Wildman–Crippen LogP) is 0.463. The highest BCUT2D eigenvalue weighted by atomic mass is 16.7. The molecule has 1 saturated heterocycles. The second-order valence-corrected chi connectivity index (χ2v) is 14.7. The molecule has 1 aromatic heterocycles. The number of pyridine rings is 1. The Morgan fingerprint density at radius 3 is 2.00 bits per heavy atom. The summed E-state index contributed by atoms with van der Waals surface area (Å²) >= 11 is 0. The van der Waals surface area contributed by atoms with Crippen molar-refractivity contribution in [1.82, 2.24) is 4.98 Å². The first-order valence-corrected chi connectivity index (χ1v) is 17.3. The number of ether oxygens (including phenoxy) is 8. The van der Waals surface area contributed by atoms with Crippen molar-refractivity contribution in [3.05, 3.63) is 29.6 Å². The van der Waals surface area contributed by atoms with Crippen LogP contribution in [0.2, 0.25) is 0 Å². The molecule has 1 aromatic rings. The van der Waals surface area contributed by atoms with Crippen molar-refractivity contribution in [2.75, 3.05) is 13.2 Å². The Bertz CT molecular complexity index is 1740. The first-order chi connectivity index (χ1) is 25.1. The van der Waals surface area contributed by atoms with E-state index in [1.54, 1.807) is 6.92 Å². The van der Waals surface area contributed by atoms with Crippen molar-refractivity contribution in [2.45, 2.75) is 122 Å². The number of esters is 7. The van der Waals surface area contributed by atoms with Gasteiger partial charge in [-0.05, 0) is 26.0 Å². The van der Waals surface area contributed by atoms with Gasteiger partial charge in [-0.15, -0.1) is 0 Å². The van der Waals surface area contributed by atoms with Gasteiger partial charge in [-0.25, -0.2) is 4.79 Å². The Morgan fingerprint density at radius 2 is 1.43 bits per heavy atom. The van der Waals surface area contributed by atoms with Crippen molar-refractivity contribution >= 4 is 41.8 Å². The smallest absolute Gasteiger partial charge is 0.340 e. The van der Waals surface area contributed by atoms with E-state index in [1.807, 2.05) is 0 Å². The average molecular weight is 764 g/mol. The fourth-order valence-electron chi connectivity index (χ4n) is 8.96. The number of hydrogen-bond donors (Lipinski definition) is 2. The van der Waals surface area contributed by atoms with E-state index < -0.39 is 132 Å². The number of carbonyl (C=O) groups excluding carboxylic acids is 7. The highest BCUT2D eigenvalue weighted by Crippen LogP contribution is 2.70. The molecule has 13 atom stereocenters. The molecule has 2 N–H and O–H groups in total. The zero-order valence-electron chi connectivity index (χ0n) is 31.3. The standard InChI is InChI=1S/C36H45NO17/c1-15-16(2)31(44)53-28-25(43)29(51-20(6)41)35(14-47-17(3)38)30(52-21(7)42)26(49-18(4)39)23-27(50-19(5)40)36(35,34(28,9)46)54-33(23,8)13-48-32(45)22-11-10-12-37-24(15)22/h10-12,15-16,23,25-30,43,46H,13-14H2,1-9H3/t15-,16-,23+,25-,26+,27-,28-,29-,30+,33-,34-,35-,36-/m0/s1. The molecule has 4 bridgehead atoms. The number of aliphatic hydroxyl groups excluding tert-OH is 1. The van der Waals surface area contributed by atoms with E-state index in [-0.39, 0.29) is 11.3 Å². The molecule has 5 rings (SSSR count). The summed E-state index contributed by atoms with van der Waals surface area (Å²) in [6.45, 7) is 8.79. The zero-order chi connectivity index (χ0) is 40.3. The van der Waals surface area contributed by atoms with E-state index in [1.165, 1.54) is 32.2 Å². The number of aliphatic hydroxyl groups is 2. The van der Waals surface area contributed by atoms with Crippen LogP contribution in [-0.2, 0) is 66.7 Å². The van der Waals surface area contributed by atoms with E-state index in [0.717, 1.165) is 41.5 Å². The molecule has 18 nitrogen and oxygen atoms in total. The van der Waals surface area contributed by atoms with Crippen LogP contribution >= 0.6 is 0 Å². The number of rotatable bonds is 6. The topological polar surface area (TPSA) is 247 Å². The molecule has 18 heteroatoms. The maximum atomic E-state index is 14.1. The molecular weight excluding hydrogens is 718 g/mol. The third-order valence-corrected chi connectivity index (χ3v) is 11.2. The number of cyclic esters (lactones) is 1. The Hall–Kier alpha value is -4.68. The van der Waals surface area contributed by atoms with Gasteiger partial charge in [-0.2, -0.15) is 0 Å². The lowest BCUT2D eigenvalue weighted by molar-refractivity contribution is -0.386. The van der Waals surface area contributed by atoms with E-state index in [9.17, 15) is 43.8 Å². The summed E-state index contributed by atoms with van der Waals surface area (Å²) < 4.78 is 47.8. The Kier molecular flexibility index (Phi) is 10.6. The van der Waals surface area contributed by atoms with Gasteiger partial charge < -0.3 is 48.1 Å². The fourth-order valence-corrected chi connectivity index (χ4v) is 8.96. The van der Waals surface area contributed by atoms with Crippen LogP contribution < -0.4 is 0 Å². The van der Waals surface area contributed by atoms with Crippen LogP contribution in [-0.4, -0.2) is 124 Å². The normalized spacial score (nSPS) is 39.8. The van der Waals surface area contributed by atoms with Gasteiger partial charge in [-0.3, -0.25) is 33.8 Å². The summed E-state index contributed by atoms with van der Waals surface area (Å²) in [4.78, 5) is 97.0. The van der Waals surface area contributed by atoms with Gasteiger partial charge >= 0.3 is 41.8 Å². The molecule has 296 valence electrons. The number of aromatic nitrogens is 1. The zero-order valence-corrected chi connectivity index (χ0v) is 31.3. The molecule has 4 aliphatic rings. The molecule has 2 aliphatic carbocycles. The van der Waals surface area contributed by atoms with Crippen LogP contribution in [0.15, 0.2) is 18.3 Å². The van der Waals surface area contributed by atoms with Crippen molar-refractivity contribution in [1.29, 1.82) is 0 Å². The molecule has 3 fully saturated rings. The van der Waals surface area contributed by atoms with Gasteiger partial charge in [0.05, 0.1) is 23.1 Å². The van der Waals surface area contributed by atoms with Crippen LogP contribution in [0, 0.1) is 17.3 Å². The van der Waals surface area contributed by atoms with Gasteiger partial charge in [0, 0.05) is 46.7 Å². The number of fused-ring (bicyclic) bond motifs is 5. The molecular formula is C36H45NO17. The van der Waals surface area contributed by atoms with Gasteiger partial charge in [0.1, 0.15) is 54.2 Å². The Labute approximate surface area is 310 Å². The van der Waals surface area contributed by atoms with Crippen molar-refractivity contribution < 1.29 is 81.7 Å². The van der Waals surface area contributed by atoms with Gasteiger partial charge in [0.15, 0.2) is 17.8 Å². The van der Waals surface area contributed by atoms with Crippen LogP contribution in [0.5, 0.6) is 0 Å². The molecule has 0 radical (unpaired) electrons. The summed E-state index contributed by atoms with van der Waals surface area (Å²) in [7, 11) is 0. The third-order valence-electron chi connectivity index (χ3n) is 11.2. The largest absolute Gasteiger partial charge is 0.465 e. The minimum absolute atomic E-state index is 0.0262. The highest BCUT2D eigenvalue weighted by Gasteiger charge is 2.91. The monoisotopic (exact) mass is 763 g/mol. The van der Waals surface area contributed by atoms with Crippen molar-refractivity contribution in [3.8, 4) is 0 Å². The molecule has 1 spiro atoms. The minimum atomic E-state index is -2.78. The summed E-state index contributed by atoms with van der Waals surface area (Å²) in [6, 6.07) is 2.91. The molecule has 0 aromatic carbocycles. The lowest BCUT2D eigenvalue weighted by Gasteiger charge is -2.67. The van der Waals surface area contributed by atoms with E-state index in [4.69, 9.17) is 37.9 Å². The predicted molar refractivity (Wildman–Crippen MR) is 176 cm³/mol. The summed E-state index contributed by atoms with van der Waals surface area (Å²) in [6.07, 6.45) is -10.6. The lowest BCUT2D eigenvalue weighted by Crippen LogP contribution is -2.89. The Morgan fingerprint density at radius 1 is 0.852 bits per heavy atom. The maximum absolute atomic E-state index is 14.1. The molecule has 0 unspecified atom stereocenters. The maximum Gasteiger partial charge on any atom is 0.340 e. The average Bonchev–Trinajstić information content (AvgIpc) is 3.29. The van der Waals surface area contributed by atoms with Crippen molar-refractivity contribution in [2.24, 2.45) is 17.3 Å². The quantitative estimate of drug-likeness (QED) is 0.295. The van der Waals surface area contributed by atoms with E-state index in [2.05, 4.69) is 4.98 Å². The molecule has 2 saturated carbocycles. The number of nitrogens with zero attached hydrogens (tertiary/aromatic N) is 1. The summed E-state index contributed by atoms with van der Waals surface area (Å²) in [5.74, 6) is -10.4.